The first-order valence-electron chi connectivity index (χ1n) is 7.94. The Hall–Kier alpha value is -1.31. The van der Waals surface area contributed by atoms with E-state index < -0.39 is 5.97 Å². The summed E-state index contributed by atoms with van der Waals surface area (Å²) in [5.74, 6) is -0.695. The first-order valence-corrected chi connectivity index (χ1v) is 7.94. The lowest BCUT2D eigenvalue weighted by molar-refractivity contribution is -0.137. The number of carbonyl (C=O) groups is 1. The summed E-state index contributed by atoms with van der Waals surface area (Å²) in [7, 11) is 0. The van der Waals surface area contributed by atoms with E-state index in [9.17, 15) is 4.79 Å². The molecule has 0 spiro atoms. The van der Waals surface area contributed by atoms with E-state index in [0.717, 1.165) is 32.1 Å². The molecule has 0 aliphatic carbocycles. The number of carboxylic acids is 1. The number of hydrogen-bond acceptors (Lipinski definition) is 1. The highest BCUT2D eigenvalue weighted by molar-refractivity contribution is 5.66. The summed E-state index contributed by atoms with van der Waals surface area (Å²) in [6, 6.07) is 0. The van der Waals surface area contributed by atoms with E-state index in [1.54, 1.807) is 0 Å². The molecule has 0 fully saturated rings. The quantitative estimate of drug-likeness (QED) is 0.348. The lowest BCUT2D eigenvalue weighted by atomic mass is 10.2. The topological polar surface area (TPSA) is 37.3 Å². The van der Waals surface area contributed by atoms with Crippen LogP contribution in [0.15, 0.2) is 36.5 Å². The normalized spacial score (nSPS) is 12.1. The number of hydrogen-bond donors (Lipinski definition) is 1. The van der Waals surface area contributed by atoms with Gasteiger partial charge in [0.2, 0.25) is 0 Å². The molecule has 0 radical (unpaired) electrons. The van der Waals surface area contributed by atoms with Crippen LogP contribution in [-0.4, -0.2) is 11.1 Å². The summed E-state index contributed by atoms with van der Waals surface area (Å²) in [6.07, 6.45) is 23.3. The molecular formula is C18H30O2. The lowest BCUT2D eigenvalue weighted by Crippen LogP contribution is -1.92. The third kappa shape index (κ3) is 16.7. The van der Waals surface area contributed by atoms with E-state index >= 15 is 0 Å². The molecule has 20 heavy (non-hydrogen) atoms. The van der Waals surface area contributed by atoms with Crippen molar-refractivity contribution in [2.24, 2.45) is 0 Å². The minimum absolute atomic E-state index is 0.290. The molecule has 0 heterocycles. The lowest BCUT2D eigenvalue weighted by Gasteiger charge is -1.92. The molecule has 0 saturated heterocycles. The number of unbranched alkanes of at least 4 members (excludes halogenated alkanes) is 5. The highest BCUT2D eigenvalue weighted by Gasteiger charge is 1.93. The zero-order chi connectivity index (χ0) is 14.9. The van der Waals surface area contributed by atoms with Crippen LogP contribution >= 0.6 is 0 Å². The average molecular weight is 278 g/mol. The van der Waals surface area contributed by atoms with Gasteiger partial charge in [-0.15, -0.1) is 0 Å². The maximum atomic E-state index is 10.3. The first kappa shape index (κ1) is 18.7. The van der Waals surface area contributed by atoms with Crippen LogP contribution in [0.5, 0.6) is 0 Å². The van der Waals surface area contributed by atoms with Crippen molar-refractivity contribution in [1.82, 2.24) is 0 Å². The van der Waals surface area contributed by atoms with Crippen molar-refractivity contribution in [2.75, 3.05) is 0 Å². The zero-order valence-electron chi connectivity index (χ0n) is 12.9. The van der Waals surface area contributed by atoms with Crippen LogP contribution in [0.3, 0.4) is 0 Å². The predicted octanol–water partition coefficient (Wildman–Crippen LogP) is 5.66. The molecule has 0 aliphatic heterocycles. The number of aliphatic carboxylic acids is 1. The van der Waals surface area contributed by atoms with Gasteiger partial charge in [-0.3, -0.25) is 4.79 Å². The standard InChI is InChI=1S/C18H30O2/c1-2-3-4-5-6-7-8-9-10-11-12-13-14-15-16-17-18(19)20/h6-7,9-10,12-13H,2-5,8,11,14-17H2,1H3,(H,19,20)/b7-6+,10-9-,13-12+. The average Bonchev–Trinajstić information content (AvgIpc) is 2.43. The van der Waals surface area contributed by atoms with Gasteiger partial charge in [-0.05, 0) is 44.9 Å². The molecule has 0 aromatic rings. The highest BCUT2D eigenvalue weighted by atomic mass is 16.4. The van der Waals surface area contributed by atoms with Crippen molar-refractivity contribution in [1.29, 1.82) is 0 Å². The summed E-state index contributed by atoms with van der Waals surface area (Å²) < 4.78 is 0. The van der Waals surface area contributed by atoms with Crippen molar-refractivity contribution in [3.05, 3.63) is 36.5 Å². The van der Waals surface area contributed by atoms with Gasteiger partial charge in [0.1, 0.15) is 0 Å². The monoisotopic (exact) mass is 278 g/mol. The fourth-order valence-corrected chi connectivity index (χ4v) is 1.83. The summed E-state index contributed by atoms with van der Waals surface area (Å²) in [5.41, 5.74) is 0. The van der Waals surface area contributed by atoms with E-state index in [4.69, 9.17) is 5.11 Å². The van der Waals surface area contributed by atoms with Crippen molar-refractivity contribution in [3.8, 4) is 0 Å². The maximum Gasteiger partial charge on any atom is 0.303 e. The van der Waals surface area contributed by atoms with E-state index in [-0.39, 0.29) is 0 Å². The fourth-order valence-electron chi connectivity index (χ4n) is 1.83. The van der Waals surface area contributed by atoms with Gasteiger partial charge in [0.25, 0.3) is 0 Å². The molecule has 1 N–H and O–H groups in total. The molecule has 0 amide bonds. The second-order valence-corrected chi connectivity index (χ2v) is 5.02. The van der Waals surface area contributed by atoms with Gasteiger partial charge in [-0.1, -0.05) is 56.2 Å². The minimum Gasteiger partial charge on any atom is -0.481 e. The summed E-state index contributed by atoms with van der Waals surface area (Å²) in [6.45, 7) is 2.23. The molecule has 114 valence electrons. The Morgan fingerprint density at radius 2 is 1.30 bits per heavy atom. The second kappa shape index (κ2) is 15.7. The van der Waals surface area contributed by atoms with Gasteiger partial charge in [-0.25, -0.2) is 0 Å². The Labute approximate surface area is 124 Å². The van der Waals surface area contributed by atoms with Gasteiger partial charge in [0.15, 0.2) is 0 Å². The van der Waals surface area contributed by atoms with Gasteiger partial charge < -0.3 is 5.11 Å². The van der Waals surface area contributed by atoms with Crippen LogP contribution in [0.2, 0.25) is 0 Å². The van der Waals surface area contributed by atoms with Crippen LogP contribution in [-0.2, 0) is 4.79 Å². The van der Waals surface area contributed by atoms with Crippen LogP contribution in [0.4, 0.5) is 0 Å². The van der Waals surface area contributed by atoms with Gasteiger partial charge in [0.05, 0.1) is 0 Å². The SMILES string of the molecule is CCCCC/C=C/C/C=C\C/C=C/CCCCC(=O)O. The second-order valence-electron chi connectivity index (χ2n) is 5.02. The van der Waals surface area contributed by atoms with Gasteiger partial charge in [0, 0.05) is 6.42 Å². The van der Waals surface area contributed by atoms with Crippen LogP contribution in [0.25, 0.3) is 0 Å². The molecule has 0 aromatic carbocycles. The number of rotatable bonds is 13. The molecule has 0 aromatic heterocycles. The van der Waals surface area contributed by atoms with Gasteiger partial charge >= 0.3 is 5.97 Å². The van der Waals surface area contributed by atoms with Crippen molar-refractivity contribution < 1.29 is 9.90 Å². The molecule has 2 nitrogen and oxygen atoms in total. The molecule has 0 atom stereocenters. The fraction of sp³-hybridized carbons (Fsp3) is 0.611. The smallest absolute Gasteiger partial charge is 0.303 e. The van der Waals surface area contributed by atoms with E-state index in [0.29, 0.717) is 6.42 Å². The zero-order valence-corrected chi connectivity index (χ0v) is 12.9. The summed E-state index contributed by atoms with van der Waals surface area (Å²) >= 11 is 0. The maximum absolute atomic E-state index is 10.3. The third-order valence-electron chi connectivity index (χ3n) is 3.03. The largest absolute Gasteiger partial charge is 0.481 e. The first-order chi connectivity index (χ1) is 9.77. The van der Waals surface area contributed by atoms with Crippen molar-refractivity contribution in [2.45, 2.75) is 71.1 Å². The minimum atomic E-state index is -0.695. The molecule has 0 unspecified atom stereocenters. The molecule has 0 bridgehead atoms. The Kier molecular flexibility index (Phi) is 14.7. The molecule has 2 heteroatoms. The van der Waals surface area contributed by atoms with E-state index in [1.807, 2.05) is 0 Å². The van der Waals surface area contributed by atoms with Crippen molar-refractivity contribution >= 4 is 5.97 Å². The molecule has 0 saturated carbocycles. The molecular weight excluding hydrogens is 248 g/mol. The summed E-state index contributed by atoms with van der Waals surface area (Å²) in [4.78, 5) is 10.3. The van der Waals surface area contributed by atoms with Crippen LogP contribution in [0, 0.1) is 0 Å². The number of carboxylic acid groups (broad SMARTS) is 1. The van der Waals surface area contributed by atoms with E-state index in [1.165, 1.54) is 25.7 Å². The number of allylic oxidation sites excluding steroid dienone is 6. The Morgan fingerprint density at radius 3 is 1.80 bits per heavy atom. The van der Waals surface area contributed by atoms with Crippen molar-refractivity contribution in [3.63, 3.8) is 0 Å². The Morgan fingerprint density at radius 1 is 0.800 bits per heavy atom. The van der Waals surface area contributed by atoms with E-state index in [2.05, 4.69) is 43.4 Å². The predicted molar refractivity (Wildman–Crippen MR) is 86.9 cm³/mol. The summed E-state index contributed by atoms with van der Waals surface area (Å²) in [5, 5.41) is 8.48. The third-order valence-corrected chi connectivity index (χ3v) is 3.03. The van der Waals surface area contributed by atoms with Crippen LogP contribution in [0.1, 0.15) is 71.1 Å². The Bertz CT molecular complexity index is 301. The Balaban J connectivity index is 3.32. The van der Waals surface area contributed by atoms with Gasteiger partial charge in [-0.2, -0.15) is 0 Å². The molecule has 0 rings (SSSR count). The van der Waals surface area contributed by atoms with Crippen LogP contribution < -0.4 is 0 Å². The molecule has 0 aliphatic rings. The highest BCUT2D eigenvalue weighted by Crippen LogP contribution is 2.02.